The zero-order chi connectivity index (χ0) is 11.7. The summed E-state index contributed by atoms with van der Waals surface area (Å²) in [5, 5.41) is 9.04. The number of benzene rings is 1. The third kappa shape index (κ3) is 1.92. The third-order valence-corrected chi connectivity index (χ3v) is 2.19. The van der Waals surface area contributed by atoms with Gasteiger partial charge in [0.05, 0.1) is 5.56 Å². The standard InChI is InChI=1S/C10H6FNO3S/c11-5-1-2-6(7(3-5)9(13)14)8-4-15-10(16)12-8/h1-4H,(H,12,16)(H,13,14). The summed E-state index contributed by atoms with van der Waals surface area (Å²) in [6, 6.07) is 3.43. The van der Waals surface area contributed by atoms with E-state index in [0.717, 1.165) is 12.1 Å². The molecule has 1 aromatic carbocycles. The average Bonchev–Trinajstić information content (AvgIpc) is 2.64. The zero-order valence-electron chi connectivity index (χ0n) is 7.85. The Morgan fingerprint density at radius 3 is 2.81 bits per heavy atom. The maximum absolute atomic E-state index is 12.9. The van der Waals surface area contributed by atoms with Crippen molar-refractivity contribution in [1.29, 1.82) is 0 Å². The fourth-order valence-electron chi connectivity index (χ4n) is 1.30. The van der Waals surface area contributed by atoms with Crippen LogP contribution in [0.5, 0.6) is 0 Å². The minimum Gasteiger partial charge on any atom is -0.478 e. The Labute approximate surface area is 95.1 Å². The van der Waals surface area contributed by atoms with Gasteiger partial charge in [0.25, 0.3) is 5.22 Å². The first kappa shape index (κ1) is 10.7. The lowest BCUT2D eigenvalue weighted by Gasteiger charge is -2.01. The number of aromatic nitrogens is 1. The fraction of sp³-hybridized carbons (Fsp3) is 0. The second-order valence-electron chi connectivity index (χ2n) is 3.01. The van der Waals surface area contributed by atoms with E-state index < -0.39 is 11.8 Å². The Kier molecular flexibility index (Phi) is 2.66. The molecule has 0 fully saturated rings. The van der Waals surface area contributed by atoms with E-state index in [-0.39, 0.29) is 16.3 Å². The Hall–Kier alpha value is -1.82. The van der Waals surface area contributed by atoms with Gasteiger partial charge in [0.1, 0.15) is 17.8 Å². The molecular weight excluding hydrogens is 233 g/mol. The summed E-state index contributed by atoms with van der Waals surface area (Å²) in [7, 11) is 0. The van der Waals surface area contributed by atoms with Crippen LogP contribution in [0.3, 0.4) is 0 Å². The van der Waals surface area contributed by atoms with E-state index in [1.807, 2.05) is 0 Å². The SMILES string of the molecule is O=C(O)c1cc(F)ccc1-c1coc(S)n1. The number of oxazole rings is 1. The molecule has 4 nitrogen and oxygen atoms in total. The van der Waals surface area contributed by atoms with Crippen LogP contribution in [0, 0.1) is 5.82 Å². The van der Waals surface area contributed by atoms with Crippen LogP contribution in [0.1, 0.15) is 10.4 Å². The number of hydrogen-bond acceptors (Lipinski definition) is 4. The summed E-state index contributed by atoms with van der Waals surface area (Å²) in [4.78, 5) is 14.8. The van der Waals surface area contributed by atoms with Gasteiger partial charge in [0.2, 0.25) is 0 Å². The number of aromatic carboxylic acids is 1. The maximum atomic E-state index is 12.9. The van der Waals surface area contributed by atoms with Crippen LogP contribution in [0.25, 0.3) is 11.3 Å². The molecule has 0 atom stereocenters. The highest BCUT2D eigenvalue weighted by Gasteiger charge is 2.15. The van der Waals surface area contributed by atoms with Gasteiger partial charge in [0, 0.05) is 5.56 Å². The van der Waals surface area contributed by atoms with E-state index in [9.17, 15) is 9.18 Å². The summed E-state index contributed by atoms with van der Waals surface area (Å²) >= 11 is 3.86. The number of halogens is 1. The number of carboxylic acid groups (broad SMARTS) is 1. The molecule has 0 spiro atoms. The van der Waals surface area contributed by atoms with Crippen LogP contribution in [0.2, 0.25) is 0 Å². The molecule has 0 saturated heterocycles. The van der Waals surface area contributed by atoms with E-state index in [0.29, 0.717) is 5.69 Å². The first-order valence-electron chi connectivity index (χ1n) is 4.25. The monoisotopic (exact) mass is 239 g/mol. The summed E-state index contributed by atoms with van der Waals surface area (Å²) < 4.78 is 17.8. The van der Waals surface area contributed by atoms with Crippen molar-refractivity contribution in [3.8, 4) is 11.3 Å². The van der Waals surface area contributed by atoms with Crippen molar-refractivity contribution in [2.75, 3.05) is 0 Å². The molecule has 0 amide bonds. The van der Waals surface area contributed by atoms with Crippen molar-refractivity contribution in [3.63, 3.8) is 0 Å². The highest BCUT2D eigenvalue weighted by atomic mass is 32.1. The highest BCUT2D eigenvalue weighted by Crippen LogP contribution is 2.24. The van der Waals surface area contributed by atoms with Crippen molar-refractivity contribution in [1.82, 2.24) is 4.98 Å². The smallest absolute Gasteiger partial charge is 0.336 e. The predicted octanol–water partition coefficient (Wildman–Crippen LogP) is 2.47. The number of rotatable bonds is 2. The third-order valence-electron chi connectivity index (χ3n) is 1.98. The molecule has 1 N–H and O–H groups in total. The summed E-state index contributed by atoms with van der Waals surface area (Å²) in [5.74, 6) is -1.84. The molecule has 1 aromatic heterocycles. The van der Waals surface area contributed by atoms with E-state index in [1.165, 1.54) is 12.3 Å². The topological polar surface area (TPSA) is 63.3 Å². The minimum absolute atomic E-state index is 0.121. The first-order chi connectivity index (χ1) is 7.58. The largest absolute Gasteiger partial charge is 0.478 e. The molecule has 16 heavy (non-hydrogen) atoms. The molecule has 0 bridgehead atoms. The number of carbonyl (C=O) groups is 1. The molecule has 0 radical (unpaired) electrons. The lowest BCUT2D eigenvalue weighted by atomic mass is 10.1. The molecule has 1 heterocycles. The van der Waals surface area contributed by atoms with E-state index in [1.54, 1.807) is 0 Å². The molecule has 82 valence electrons. The van der Waals surface area contributed by atoms with Crippen LogP contribution in [0.4, 0.5) is 4.39 Å². The molecular formula is C10H6FNO3S. The number of carboxylic acids is 1. The van der Waals surface area contributed by atoms with Gasteiger partial charge >= 0.3 is 5.97 Å². The average molecular weight is 239 g/mol. The van der Waals surface area contributed by atoms with Gasteiger partial charge in [-0.05, 0) is 18.2 Å². The summed E-state index contributed by atoms with van der Waals surface area (Å²) in [6.45, 7) is 0. The maximum Gasteiger partial charge on any atom is 0.336 e. The fourth-order valence-corrected chi connectivity index (χ4v) is 1.47. The molecule has 0 aliphatic heterocycles. The predicted molar refractivity (Wildman–Crippen MR) is 56.1 cm³/mol. The molecule has 0 aliphatic carbocycles. The number of nitrogens with zero attached hydrogens (tertiary/aromatic N) is 1. The van der Waals surface area contributed by atoms with Gasteiger partial charge in [-0.1, -0.05) is 12.6 Å². The van der Waals surface area contributed by atoms with Crippen LogP contribution in [-0.2, 0) is 0 Å². The number of thiol groups is 1. The Morgan fingerprint density at radius 1 is 1.50 bits per heavy atom. The molecule has 0 unspecified atom stereocenters. The Bertz CT molecular complexity index is 553. The van der Waals surface area contributed by atoms with Crippen LogP contribution in [0.15, 0.2) is 34.1 Å². The van der Waals surface area contributed by atoms with Gasteiger partial charge < -0.3 is 9.52 Å². The van der Waals surface area contributed by atoms with Gasteiger partial charge in [0.15, 0.2) is 0 Å². The quantitative estimate of drug-likeness (QED) is 0.790. The van der Waals surface area contributed by atoms with Gasteiger partial charge in [-0.3, -0.25) is 0 Å². The van der Waals surface area contributed by atoms with Crippen molar-refractivity contribution < 1.29 is 18.7 Å². The molecule has 2 aromatic rings. The van der Waals surface area contributed by atoms with Crippen LogP contribution < -0.4 is 0 Å². The Balaban J connectivity index is 2.60. The lowest BCUT2D eigenvalue weighted by molar-refractivity contribution is 0.0697. The molecule has 0 aliphatic rings. The van der Waals surface area contributed by atoms with Gasteiger partial charge in [-0.15, -0.1) is 0 Å². The van der Waals surface area contributed by atoms with Crippen molar-refractivity contribution in [2.45, 2.75) is 5.22 Å². The number of hydrogen-bond donors (Lipinski definition) is 2. The summed E-state index contributed by atoms with van der Waals surface area (Å²) in [5.41, 5.74) is 0.432. The van der Waals surface area contributed by atoms with Gasteiger partial charge in [-0.25, -0.2) is 14.2 Å². The van der Waals surface area contributed by atoms with E-state index in [2.05, 4.69) is 17.6 Å². The van der Waals surface area contributed by atoms with Crippen molar-refractivity contribution in [3.05, 3.63) is 35.8 Å². The lowest BCUT2D eigenvalue weighted by Crippen LogP contribution is -2.00. The zero-order valence-corrected chi connectivity index (χ0v) is 8.74. The normalized spacial score (nSPS) is 10.4. The minimum atomic E-state index is -1.22. The van der Waals surface area contributed by atoms with Crippen molar-refractivity contribution in [2.24, 2.45) is 0 Å². The molecule has 0 saturated carbocycles. The summed E-state index contributed by atoms with van der Waals surface area (Å²) in [6.07, 6.45) is 1.27. The highest BCUT2D eigenvalue weighted by molar-refractivity contribution is 7.80. The van der Waals surface area contributed by atoms with E-state index in [4.69, 9.17) is 9.52 Å². The molecule has 6 heteroatoms. The van der Waals surface area contributed by atoms with E-state index >= 15 is 0 Å². The molecule has 2 rings (SSSR count). The second-order valence-corrected chi connectivity index (χ2v) is 3.39. The second kappa shape index (κ2) is 3.97. The van der Waals surface area contributed by atoms with Crippen molar-refractivity contribution >= 4 is 18.6 Å². The Morgan fingerprint density at radius 2 is 2.25 bits per heavy atom. The first-order valence-corrected chi connectivity index (χ1v) is 4.70. The van der Waals surface area contributed by atoms with Crippen LogP contribution >= 0.6 is 12.6 Å². The van der Waals surface area contributed by atoms with Crippen LogP contribution in [-0.4, -0.2) is 16.1 Å². The van der Waals surface area contributed by atoms with Gasteiger partial charge in [-0.2, -0.15) is 0 Å².